The lowest BCUT2D eigenvalue weighted by atomic mass is 9.85. The summed E-state index contributed by atoms with van der Waals surface area (Å²) in [5.74, 6) is 0. The van der Waals surface area contributed by atoms with E-state index in [1.807, 2.05) is 6.92 Å². The molecule has 1 fully saturated rings. The second-order valence-electron chi connectivity index (χ2n) is 7.08. The zero-order chi connectivity index (χ0) is 15.1. The van der Waals surface area contributed by atoms with E-state index in [-0.39, 0.29) is 0 Å². The van der Waals surface area contributed by atoms with Crippen LogP contribution in [0.15, 0.2) is 24.3 Å². The lowest BCUT2D eigenvalue weighted by Crippen LogP contribution is -2.28. The maximum Gasteiger partial charge on any atom is 0.0719 e. The standard InChI is InChI=1S/C19H31NO/c1-4-21-15-17-9-6-5-8-16(17)14-20-18-10-7-12-19(2,3)13-11-18/h5-6,8-9,18,20H,4,7,10-15H2,1-3H3. The van der Waals surface area contributed by atoms with E-state index >= 15 is 0 Å². The van der Waals surface area contributed by atoms with Crippen molar-refractivity contribution >= 4 is 0 Å². The Morgan fingerprint density at radius 3 is 2.67 bits per heavy atom. The molecule has 1 N–H and O–H groups in total. The molecule has 1 atom stereocenters. The van der Waals surface area contributed by atoms with Crippen molar-refractivity contribution in [2.75, 3.05) is 6.61 Å². The van der Waals surface area contributed by atoms with Crippen LogP contribution in [0.25, 0.3) is 0 Å². The molecule has 0 saturated heterocycles. The summed E-state index contributed by atoms with van der Waals surface area (Å²) >= 11 is 0. The second-order valence-corrected chi connectivity index (χ2v) is 7.08. The van der Waals surface area contributed by atoms with Gasteiger partial charge in [0.1, 0.15) is 0 Å². The fourth-order valence-corrected chi connectivity index (χ4v) is 3.20. The number of ether oxygens (including phenoxy) is 1. The predicted octanol–water partition coefficient (Wildman–Crippen LogP) is 4.67. The SMILES string of the molecule is CCOCc1ccccc1CNC1CCCC(C)(C)CC1. The number of nitrogens with one attached hydrogen (secondary N) is 1. The van der Waals surface area contributed by atoms with Crippen molar-refractivity contribution < 1.29 is 4.74 Å². The lowest BCUT2D eigenvalue weighted by molar-refractivity contribution is 0.133. The van der Waals surface area contributed by atoms with E-state index in [1.54, 1.807) is 0 Å². The summed E-state index contributed by atoms with van der Waals surface area (Å²) in [5.41, 5.74) is 3.23. The van der Waals surface area contributed by atoms with Gasteiger partial charge in [-0.1, -0.05) is 44.5 Å². The van der Waals surface area contributed by atoms with Gasteiger partial charge in [-0.3, -0.25) is 0 Å². The summed E-state index contributed by atoms with van der Waals surface area (Å²) in [5, 5.41) is 3.78. The summed E-state index contributed by atoms with van der Waals surface area (Å²) in [6.45, 7) is 9.34. The molecule has 1 aromatic rings. The molecule has 1 unspecified atom stereocenters. The fourth-order valence-electron chi connectivity index (χ4n) is 3.20. The van der Waals surface area contributed by atoms with Gasteiger partial charge in [-0.25, -0.2) is 0 Å². The molecular weight excluding hydrogens is 258 g/mol. The topological polar surface area (TPSA) is 21.3 Å². The monoisotopic (exact) mass is 289 g/mol. The van der Waals surface area contributed by atoms with Crippen molar-refractivity contribution in [3.05, 3.63) is 35.4 Å². The van der Waals surface area contributed by atoms with Gasteiger partial charge in [0.15, 0.2) is 0 Å². The molecule has 0 heterocycles. The van der Waals surface area contributed by atoms with Crippen molar-refractivity contribution in [2.45, 2.75) is 72.1 Å². The van der Waals surface area contributed by atoms with Gasteiger partial charge in [0, 0.05) is 19.2 Å². The van der Waals surface area contributed by atoms with E-state index in [9.17, 15) is 0 Å². The Labute approximate surface area is 130 Å². The first-order valence-corrected chi connectivity index (χ1v) is 8.48. The van der Waals surface area contributed by atoms with Crippen LogP contribution in [0.3, 0.4) is 0 Å². The van der Waals surface area contributed by atoms with E-state index < -0.39 is 0 Å². The molecule has 1 aromatic carbocycles. The third-order valence-electron chi connectivity index (χ3n) is 4.74. The summed E-state index contributed by atoms with van der Waals surface area (Å²) in [6.07, 6.45) is 6.68. The minimum Gasteiger partial charge on any atom is -0.377 e. The van der Waals surface area contributed by atoms with Gasteiger partial charge < -0.3 is 10.1 Å². The van der Waals surface area contributed by atoms with Crippen molar-refractivity contribution in [2.24, 2.45) is 5.41 Å². The highest BCUT2D eigenvalue weighted by Crippen LogP contribution is 2.33. The van der Waals surface area contributed by atoms with Crippen LogP contribution >= 0.6 is 0 Å². The van der Waals surface area contributed by atoms with E-state index in [1.165, 1.54) is 43.2 Å². The Hall–Kier alpha value is -0.860. The normalized spacial score (nSPS) is 22.0. The predicted molar refractivity (Wildman–Crippen MR) is 89.3 cm³/mol. The molecule has 1 aliphatic carbocycles. The highest BCUT2D eigenvalue weighted by Gasteiger charge is 2.24. The van der Waals surface area contributed by atoms with Gasteiger partial charge in [-0.2, -0.15) is 0 Å². The third-order valence-corrected chi connectivity index (χ3v) is 4.74. The minimum absolute atomic E-state index is 0.531. The Kier molecular flexibility index (Phi) is 6.25. The molecular formula is C19H31NO. The second kappa shape index (κ2) is 7.95. The molecule has 118 valence electrons. The molecule has 1 saturated carbocycles. The Bertz CT molecular complexity index is 427. The van der Waals surface area contributed by atoms with Gasteiger partial charge in [-0.15, -0.1) is 0 Å². The maximum absolute atomic E-state index is 5.57. The van der Waals surface area contributed by atoms with Crippen molar-refractivity contribution in [1.82, 2.24) is 5.32 Å². The Morgan fingerprint density at radius 1 is 1.14 bits per heavy atom. The molecule has 0 aliphatic heterocycles. The molecule has 2 rings (SSSR count). The van der Waals surface area contributed by atoms with Crippen molar-refractivity contribution in [1.29, 1.82) is 0 Å². The number of hydrogen-bond donors (Lipinski definition) is 1. The largest absolute Gasteiger partial charge is 0.377 e. The van der Waals surface area contributed by atoms with Gasteiger partial charge in [0.2, 0.25) is 0 Å². The van der Waals surface area contributed by atoms with Gasteiger partial charge in [0.05, 0.1) is 6.61 Å². The maximum atomic E-state index is 5.57. The molecule has 0 amide bonds. The van der Waals surface area contributed by atoms with Crippen molar-refractivity contribution in [3.8, 4) is 0 Å². The zero-order valence-electron chi connectivity index (χ0n) is 14.0. The number of hydrogen-bond acceptors (Lipinski definition) is 2. The van der Waals surface area contributed by atoms with Gasteiger partial charge >= 0.3 is 0 Å². The van der Waals surface area contributed by atoms with E-state index in [0.29, 0.717) is 11.5 Å². The van der Waals surface area contributed by atoms with Crippen LogP contribution in [0.2, 0.25) is 0 Å². The molecule has 21 heavy (non-hydrogen) atoms. The summed E-state index contributed by atoms with van der Waals surface area (Å²) in [6, 6.07) is 9.31. The fraction of sp³-hybridized carbons (Fsp3) is 0.684. The van der Waals surface area contributed by atoms with Crippen LogP contribution in [0.1, 0.15) is 64.0 Å². The highest BCUT2D eigenvalue weighted by atomic mass is 16.5. The Balaban J connectivity index is 1.88. The van der Waals surface area contributed by atoms with Crippen molar-refractivity contribution in [3.63, 3.8) is 0 Å². The highest BCUT2D eigenvalue weighted by molar-refractivity contribution is 5.26. The van der Waals surface area contributed by atoms with Gasteiger partial charge in [0.25, 0.3) is 0 Å². The first-order valence-electron chi connectivity index (χ1n) is 8.48. The molecule has 0 radical (unpaired) electrons. The van der Waals surface area contributed by atoms with E-state index in [2.05, 4.69) is 43.4 Å². The molecule has 0 spiro atoms. The Morgan fingerprint density at radius 2 is 1.90 bits per heavy atom. The van der Waals surface area contributed by atoms with E-state index in [4.69, 9.17) is 4.74 Å². The summed E-state index contributed by atoms with van der Waals surface area (Å²) in [7, 11) is 0. The minimum atomic E-state index is 0.531. The van der Waals surface area contributed by atoms with Gasteiger partial charge in [-0.05, 0) is 49.1 Å². The van der Waals surface area contributed by atoms with Crippen LogP contribution in [0.5, 0.6) is 0 Å². The molecule has 1 aliphatic rings. The average molecular weight is 289 g/mol. The van der Waals surface area contributed by atoms with Crippen LogP contribution in [0, 0.1) is 5.41 Å². The lowest BCUT2D eigenvalue weighted by Gasteiger charge is -2.22. The summed E-state index contributed by atoms with van der Waals surface area (Å²) in [4.78, 5) is 0. The first kappa shape index (κ1) is 16.5. The number of rotatable bonds is 6. The zero-order valence-corrected chi connectivity index (χ0v) is 14.0. The van der Waals surface area contributed by atoms with Crippen LogP contribution < -0.4 is 5.32 Å². The average Bonchev–Trinajstić information content (AvgIpc) is 2.64. The quantitative estimate of drug-likeness (QED) is 0.768. The molecule has 0 bridgehead atoms. The smallest absolute Gasteiger partial charge is 0.0719 e. The molecule has 0 aromatic heterocycles. The number of benzene rings is 1. The third kappa shape index (κ3) is 5.44. The molecule has 2 heteroatoms. The van der Waals surface area contributed by atoms with Crippen LogP contribution in [-0.4, -0.2) is 12.6 Å². The van der Waals surface area contributed by atoms with Crippen LogP contribution in [-0.2, 0) is 17.9 Å². The summed E-state index contributed by atoms with van der Waals surface area (Å²) < 4.78 is 5.57. The van der Waals surface area contributed by atoms with E-state index in [0.717, 1.165) is 19.8 Å². The van der Waals surface area contributed by atoms with Crippen LogP contribution in [0.4, 0.5) is 0 Å². The molecule has 2 nitrogen and oxygen atoms in total. The first-order chi connectivity index (χ1) is 10.1.